The van der Waals surface area contributed by atoms with Crippen LogP contribution in [0.4, 0.5) is 5.69 Å². The monoisotopic (exact) mass is 374 g/mol. The highest BCUT2D eigenvalue weighted by atomic mass is 32.2. The Morgan fingerprint density at radius 3 is 2.92 bits per heavy atom. The van der Waals surface area contributed by atoms with E-state index in [1.54, 1.807) is 18.2 Å². The van der Waals surface area contributed by atoms with Crippen LogP contribution in [0.2, 0.25) is 0 Å². The van der Waals surface area contributed by atoms with Crippen LogP contribution in [-0.2, 0) is 22.5 Å². The first kappa shape index (κ1) is 18.4. The van der Waals surface area contributed by atoms with Crippen molar-refractivity contribution in [2.24, 2.45) is 0 Å². The first-order valence-electron chi connectivity index (χ1n) is 8.62. The number of esters is 1. The summed E-state index contributed by atoms with van der Waals surface area (Å²) in [4.78, 5) is 24.0. The fourth-order valence-electron chi connectivity index (χ4n) is 2.88. The highest BCUT2D eigenvalue weighted by Crippen LogP contribution is 2.23. The van der Waals surface area contributed by atoms with Crippen LogP contribution >= 0.6 is 11.8 Å². The number of methoxy groups -OCH3 is 1. The molecule has 0 atom stereocenters. The molecular weight excluding hydrogens is 352 g/mol. The normalized spacial score (nSPS) is 13.6. The summed E-state index contributed by atoms with van der Waals surface area (Å²) in [6, 6.07) is 5.09. The van der Waals surface area contributed by atoms with Gasteiger partial charge in [-0.3, -0.25) is 4.79 Å². The molecule has 1 aliphatic heterocycles. The number of hydrogen-bond donors (Lipinski definition) is 1. The number of anilines is 1. The van der Waals surface area contributed by atoms with Gasteiger partial charge in [-0.2, -0.15) is 0 Å². The average molecular weight is 374 g/mol. The summed E-state index contributed by atoms with van der Waals surface area (Å²) in [6.45, 7) is 2.79. The lowest BCUT2D eigenvalue weighted by Gasteiger charge is -2.10. The van der Waals surface area contributed by atoms with E-state index in [4.69, 9.17) is 4.74 Å². The van der Waals surface area contributed by atoms with Gasteiger partial charge in [-0.15, -0.1) is 10.2 Å². The fourth-order valence-corrected chi connectivity index (χ4v) is 3.67. The molecule has 0 saturated carbocycles. The third-order valence-corrected chi connectivity index (χ3v) is 5.31. The van der Waals surface area contributed by atoms with E-state index < -0.39 is 5.97 Å². The van der Waals surface area contributed by atoms with Gasteiger partial charge in [0, 0.05) is 18.7 Å². The first-order valence-corrected chi connectivity index (χ1v) is 9.60. The largest absolute Gasteiger partial charge is 0.465 e. The number of carbonyl (C=O) groups excluding carboxylic acids is 2. The highest BCUT2D eigenvalue weighted by molar-refractivity contribution is 7.99. The second-order valence-electron chi connectivity index (χ2n) is 6.22. The van der Waals surface area contributed by atoms with Gasteiger partial charge in [0.15, 0.2) is 5.16 Å². The zero-order valence-corrected chi connectivity index (χ0v) is 15.8. The molecule has 138 valence electrons. The lowest BCUT2D eigenvalue weighted by atomic mass is 10.1. The third kappa shape index (κ3) is 4.24. The molecule has 7 nitrogen and oxygen atoms in total. The number of nitrogens with zero attached hydrogens (tertiary/aromatic N) is 3. The topological polar surface area (TPSA) is 86.1 Å². The SMILES string of the molecule is COC(=O)c1ccc(C)c(NC(=O)CSc2nnc3n2CCCCC3)c1. The number of aromatic nitrogens is 3. The molecule has 1 aliphatic rings. The van der Waals surface area contributed by atoms with Gasteiger partial charge in [0.2, 0.25) is 5.91 Å². The van der Waals surface area contributed by atoms with Gasteiger partial charge < -0.3 is 14.6 Å². The molecule has 0 bridgehead atoms. The van der Waals surface area contributed by atoms with E-state index in [0.29, 0.717) is 11.3 Å². The number of rotatable bonds is 5. The van der Waals surface area contributed by atoms with Crippen LogP contribution in [0.15, 0.2) is 23.4 Å². The van der Waals surface area contributed by atoms with E-state index in [-0.39, 0.29) is 11.7 Å². The summed E-state index contributed by atoms with van der Waals surface area (Å²) in [7, 11) is 1.33. The maximum absolute atomic E-state index is 12.3. The number of amides is 1. The van der Waals surface area contributed by atoms with Gasteiger partial charge in [0.25, 0.3) is 0 Å². The fraction of sp³-hybridized carbons (Fsp3) is 0.444. The molecule has 0 saturated heterocycles. The molecule has 1 aromatic heterocycles. The lowest BCUT2D eigenvalue weighted by Crippen LogP contribution is -2.16. The van der Waals surface area contributed by atoms with Crippen LogP contribution in [0.25, 0.3) is 0 Å². The molecule has 0 radical (unpaired) electrons. The van der Waals surface area contributed by atoms with Crippen molar-refractivity contribution < 1.29 is 14.3 Å². The molecular formula is C18H22N4O3S. The summed E-state index contributed by atoms with van der Waals surface area (Å²) >= 11 is 1.38. The number of fused-ring (bicyclic) bond motifs is 1. The van der Waals surface area contributed by atoms with Gasteiger partial charge in [-0.25, -0.2) is 4.79 Å². The minimum Gasteiger partial charge on any atom is -0.465 e. The lowest BCUT2D eigenvalue weighted by molar-refractivity contribution is -0.113. The quantitative estimate of drug-likeness (QED) is 0.640. The number of ether oxygens (including phenoxy) is 1. The van der Waals surface area contributed by atoms with Crippen molar-refractivity contribution in [3.63, 3.8) is 0 Å². The summed E-state index contributed by atoms with van der Waals surface area (Å²) in [5, 5.41) is 12.1. The van der Waals surface area contributed by atoms with Crippen molar-refractivity contribution in [1.82, 2.24) is 14.8 Å². The molecule has 1 N–H and O–H groups in total. The van der Waals surface area contributed by atoms with Crippen LogP contribution in [0.3, 0.4) is 0 Å². The zero-order chi connectivity index (χ0) is 18.5. The summed E-state index contributed by atoms with van der Waals surface area (Å²) in [6.07, 6.45) is 4.40. The number of carbonyl (C=O) groups is 2. The standard InChI is InChI=1S/C18H22N4O3S/c1-12-7-8-13(17(24)25-2)10-14(12)19-16(23)11-26-18-21-20-15-6-4-3-5-9-22(15)18/h7-8,10H,3-6,9,11H2,1-2H3,(H,19,23). The molecule has 3 rings (SSSR count). The predicted molar refractivity (Wildman–Crippen MR) is 99.4 cm³/mol. The van der Waals surface area contributed by atoms with E-state index in [9.17, 15) is 9.59 Å². The minimum absolute atomic E-state index is 0.147. The molecule has 1 aromatic carbocycles. The smallest absolute Gasteiger partial charge is 0.337 e. The maximum atomic E-state index is 12.3. The van der Waals surface area contributed by atoms with E-state index in [2.05, 4.69) is 20.1 Å². The number of nitrogens with one attached hydrogen (secondary N) is 1. The van der Waals surface area contributed by atoms with Gasteiger partial charge in [0.1, 0.15) is 5.82 Å². The van der Waals surface area contributed by atoms with E-state index in [1.807, 2.05) is 6.92 Å². The van der Waals surface area contributed by atoms with E-state index >= 15 is 0 Å². The molecule has 1 amide bonds. The Kier molecular flexibility index (Phi) is 5.92. The third-order valence-electron chi connectivity index (χ3n) is 4.34. The van der Waals surface area contributed by atoms with E-state index in [1.165, 1.54) is 25.3 Å². The molecule has 2 heterocycles. The number of aryl methyl sites for hydroxylation is 2. The van der Waals surface area contributed by atoms with Crippen molar-refractivity contribution in [1.29, 1.82) is 0 Å². The van der Waals surface area contributed by atoms with Crippen molar-refractivity contribution >= 4 is 29.3 Å². The summed E-state index contributed by atoms with van der Waals surface area (Å²) in [5.74, 6) is 0.666. The highest BCUT2D eigenvalue weighted by Gasteiger charge is 2.16. The van der Waals surface area contributed by atoms with Crippen LogP contribution in [0, 0.1) is 6.92 Å². The van der Waals surface area contributed by atoms with Gasteiger partial charge >= 0.3 is 5.97 Å². The Labute approximate surface area is 156 Å². The second-order valence-corrected chi connectivity index (χ2v) is 7.16. The average Bonchev–Trinajstić information content (AvgIpc) is 2.87. The first-order chi connectivity index (χ1) is 12.6. The van der Waals surface area contributed by atoms with Crippen molar-refractivity contribution in [3.8, 4) is 0 Å². The summed E-state index contributed by atoms with van der Waals surface area (Å²) in [5.41, 5.74) is 1.90. The van der Waals surface area contributed by atoms with Gasteiger partial charge in [-0.05, 0) is 37.5 Å². The van der Waals surface area contributed by atoms with Gasteiger partial charge in [-0.1, -0.05) is 24.2 Å². The summed E-state index contributed by atoms with van der Waals surface area (Å²) < 4.78 is 6.84. The van der Waals surface area contributed by atoms with Crippen molar-refractivity contribution in [3.05, 3.63) is 35.2 Å². The van der Waals surface area contributed by atoms with Crippen LogP contribution in [-0.4, -0.2) is 39.5 Å². The Balaban J connectivity index is 1.63. The van der Waals surface area contributed by atoms with Crippen LogP contribution < -0.4 is 5.32 Å². The Morgan fingerprint density at radius 2 is 2.12 bits per heavy atom. The van der Waals surface area contributed by atoms with Crippen LogP contribution in [0.5, 0.6) is 0 Å². The predicted octanol–water partition coefficient (Wildman–Crippen LogP) is 2.83. The molecule has 8 heteroatoms. The number of benzene rings is 1. The number of thioether (sulfide) groups is 1. The van der Waals surface area contributed by atoms with Crippen molar-refractivity contribution in [2.45, 2.75) is 44.3 Å². The molecule has 0 spiro atoms. The number of hydrogen-bond acceptors (Lipinski definition) is 6. The van der Waals surface area contributed by atoms with E-state index in [0.717, 1.165) is 42.4 Å². The Morgan fingerprint density at radius 1 is 1.27 bits per heavy atom. The molecule has 0 unspecified atom stereocenters. The second kappa shape index (κ2) is 8.35. The van der Waals surface area contributed by atoms with Crippen molar-refractivity contribution in [2.75, 3.05) is 18.2 Å². The minimum atomic E-state index is -0.430. The van der Waals surface area contributed by atoms with Gasteiger partial charge in [0.05, 0.1) is 18.4 Å². The molecule has 26 heavy (non-hydrogen) atoms. The molecule has 0 fully saturated rings. The van der Waals surface area contributed by atoms with Crippen LogP contribution in [0.1, 0.15) is 41.0 Å². The maximum Gasteiger partial charge on any atom is 0.337 e. The Hall–Kier alpha value is -2.35. The molecule has 0 aliphatic carbocycles. The zero-order valence-electron chi connectivity index (χ0n) is 14.9. The molecule has 2 aromatic rings. The Bertz CT molecular complexity index is 819.